The van der Waals surface area contributed by atoms with E-state index in [2.05, 4.69) is 9.88 Å². The van der Waals surface area contributed by atoms with E-state index in [1.54, 1.807) is 0 Å². The van der Waals surface area contributed by atoms with Crippen molar-refractivity contribution in [2.75, 3.05) is 6.54 Å². The lowest BCUT2D eigenvalue weighted by Gasteiger charge is -2.06. The van der Waals surface area contributed by atoms with Crippen molar-refractivity contribution >= 4 is 34.0 Å². The fourth-order valence-corrected chi connectivity index (χ4v) is 2.18. The molecule has 1 heterocycles. The molecule has 3 N–H and O–H groups in total. The summed E-state index contributed by atoms with van der Waals surface area (Å²) >= 11 is 4.96. The van der Waals surface area contributed by atoms with Crippen LogP contribution in [0.25, 0.3) is 10.9 Å². The summed E-state index contributed by atoms with van der Waals surface area (Å²) in [5.74, 6) is 0.0732. The maximum absolute atomic E-state index is 11.5. The van der Waals surface area contributed by atoms with Gasteiger partial charge in [-0.15, -0.1) is 0 Å². The molecule has 0 atom stereocenters. The van der Waals surface area contributed by atoms with Crippen LogP contribution in [0.2, 0.25) is 0 Å². The van der Waals surface area contributed by atoms with Crippen LogP contribution >= 0.6 is 12.2 Å². The first kappa shape index (κ1) is 13.5. The smallest absolute Gasteiger partial charge is 0.221 e. The van der Waals surface area contributed by atoms with E-state index in [0.717, 1.165) is 16.5 Å². The Morgan fingerprint density at radius 2 is 2.21 bits per heavy atom. The molecule has 0 aliphatic carbocycles. The summed E-state index contributed by atoms with van der Waals surface area (Å²) in [4.78, 5) is 11.9. The van der Waals surface area contributed by atoms with Crippen LogP contribution in [-0.4, -0.2) is 22.0 Å². The zero-order valence-corrected chi connectivity index (χ0v) is 11.7. The van der Waals surface area contributed by atoms with E-state index in [0.29, 0.717) is 24.5 Å². The molecule has 0 aliphatic heterocycles. The molecule has 100 valence electrons. The highest BCUT2D eigenvalue weighted by atomic mass is 32.1. The normalized spacial score (nSPS) is 10.6. The first-order chi connectivity index (χ1) is 9.11. The minimum atomic E-state index is 0.0732. The SMILES string of the molecule is CCNC(=O)CCn1ccc2cc(C(N)=S)ccc21. The summed E-state index contributed by atoms with van der Waals surface area (Å²) in [7, 11) is 0. The second-order valence-electron chi connectivity index (χ2n) is 4.35. The van der Waals surface area contributed by atoms with Crippen molar-refractivity contribution in [3.8, 4) is 0 Å². The number of hydrogen-bond donors (Lipinski definition) is 2. The molecule has 0 fully saturated rings. The van der Waals surface area contributed by atoms with Gasteiger partial charge in [0.15, 0.2) is 0 Å². The fourth-order valence-electron chi connectivity index (χ4n) is 2.06. The predicted molar refractivity (Wildman–Crippen MR) is 81.1 cm³/mol. The molecule has 19 heavy (non-hydrogen) atoms. The van der Waals surface area contributed by atoms with Crippen LogP contribution in [0, 0.1) is 0 Å². The minimum Gasteiger partial charge on any atom is -0.389 e. The summed E-state index contributed by atoms with van der Waals surface area (Å²) in [6.07, 6.45) is 2.46. The van der Waals surface area contributed by atoms with Gasteiger partial charge in [-0.3, -0.25) is 4.79 Å². The van der Waals surface area contributed by atoms with Crippen molar-refractivity contribution in [2.24, 2.45) is 5.73 Å². The van der Waals surface area contributed by atoms with E-state index in [4.69, 9.17) is 18.0 Å². The number of aryl methyl sites for hydroxylation is 1. The van der Waals surface area contributed by atoms with Gasteiger partial charge in [0.05, 0.1) is 0 Å². The maximum Gasteiger partial charge on any atom is 0.221 e. The van der Waals surface area contributed by atoms with Crippen molar-refractivity contribution < 1.29 is 4.79 Å². The van der Waals surface area contributed by atoms with Crippen LogP contribution in [0.5, 0.6) is 0 Å². The summed E-state index contributed by atoms with van der Waals surface area (Å²) in [5.41, 5.74) is 7.57. The van der Waals surface area contributed by atoms with Crippen LogP contribution in [-0.2, 0) is 11.3 Å². The molecule has 1 aromatic carbocycles. The molecule has 0 bridgehead atoms. The lowest BCUT2D eigenvalue weighted by atomic mass is 10.1. The lowest BCUT2D eigenvalue weighted by molar-refractivity contribution is -0.121. The number of benzene rings is 1. The Morgan fingerprint density at radius 3 is 2.89 bits per heavy atom. The van der Waals surface area contributed by atoms with Crippen molar-refractivity contribution in [1.82, 2.24) is 9.88 Å². The van der Waals surface area contributed by atoms with Gasteiger partial charge in [0, 0.05) is 42.2 Å². The molecule has 1 amide bonds. The van der Waals surface area contributed by atoms with Gasteiger partial charge in [-0.2, -0.15) is 0 Å². The molecule has 0 radical (unpaired) electrons. The average molecular weight is 275 g/mol. The molecular weight excluding hydrogens is 258 g/mol. The third-order valence-corrected chi connectivity index (χ3v) is 3.24. The predicted octanol–water partition coefficient (Wildman–Crippen LogP) is 1.80. The van der Waals surface area contributed by atoms with Gasteiger partial charge < -0.3 is 15.6 Å². The first-order valence-corrected chi connectivity index (χ1v) is 6.68. The maximum atomic E-state index is 11.5. The molecule has 0 aliphatic rings. The molecule has 0 spiro atoms. The number of rotatable bonds is 5. The number of nitrogens with zero attached hydrogens (tertiary/aromatic N) is 1. The molecule has 0 saturated heterocycles. The van der Waals surface area contributed by atoms with E-state index in [1.165, 1.54) is 0 Å². The number of thiocarbonyl (C=S) groups is 1. The highest BCUT2D eigenvalue weighted by Crippen LogP contribution is 2.18. The molecule has 2 rings (SSSR count). The zero-order chi connectivity index (χ0) is 13.8. The van der Waals surface area contributed by atoms with E-state index in [1.807, 2.05) is 37.4 Å². The highest BCUT2D eigenvalue weighted by Gasteiger charge is 2.05. The quantitative estimate of drug-likeness (QED) is 0.818. The van der Waals surface area contributed by atoms with Gasteiger partial charge in [-0.05, 0) is 31.2 Å². The molecule has 0 unspecified atom stereocenters. The summed E-state index contributed by atoms with van der Waals surface area (Å²) in [5, 5.41) is 3.88. The van der Waals surface area contributed by atoms with Crippen LogP contribution in [0.3, 0.4) is 0 Å². The first-order valence-electron chi connectivity index (χ1n) is 6.27. The number of hydrogen-bond acceptors (Lipinski definition) is 2. The Bertz CT molecular complexity index is 618. The van der Waals surface area contributed by atoms with Crippen LogP contribution in [0.4, 0.5) is 0 Å². The number of fused-ring (bicyclic) bond motifs is 1. The van der Waals surface area contributed by atoms with Crippen molar-refractivity contribution in [3.05, 3.63) is 36.0 Å². The Kier molecular flexibility index (Phi) is 4.16. The number of carbonyl (C=O) groups is 1. The molecular formula is C14H17N3OS. The Labute approximate surface area is 117 Å². The second kappa shape index (κ2) is 5.84. The van der Waals surface area contributed by atoms with E-state index < -0.39 is 0 Å². The van der Waals surface area contributed by atoms with Crippen molar-refractivity contribution in [1.29, 1.82) is 0 Å². The third kappa shape index (κ3) is 3.12. The lowest BCUT2D eigenvalue weighted by Crippen LogP contribution is -2.23. The van der Waals surface area contributed by atoms with Crippen LogP contribution in [0.15, 0.2) is 30.5 Å². The second-order valence-corrected chi connectivity index (χ2v) is 4.79. The average Bonchev–Trinajstić information content (AvgIpc) is 2.79. The van der Waals surface area contributed by atoms with Gasteiger partial charge in [0.2, 0.25) is 5.91 Å². The summed E-state index contributed by atoms with van der Waals surface area (Å²) in [6.45, 7) is 3.25. The third-order valence-electron chi connectivity index (χ3n) is 3.01. The Hall–Kier alpha value is -1.88. The largest absolute Gasteiger partial charge is 0.389 e. The van der Waals surface area contributed by atoms with Gasteiger partial charge in [-0.25, -0.2) is 0 Å². The number of nitrogens with one attached hydrogen (secondary N) is 1. The Balaban J connectivity index is 2.17. The number of carbonyl (C=O) groups excluding carboxylic acids is 1. The van der Waals surface area contributed by atoms with Gasteiger partial charge in [0.25, 0.3) is 0 Å². The van der Waals surface area contributed by atoms with Crippen molar-refractivity contribution in [2.45, 2.75) is 19.9 Å². The monoisotopic (exact) mass is 275 g/mol. The molecule has 5 heteroatoms. The molecule has 2 aromatic rings. The van der Waals surface area contributed by atoms with Crippen LogP contribution < -0.4 is 11.1 Å². The summed E-state index contributed by atoms with van der Waals surface area (Å²) in [6, 6.07) is 7.88. The van der Waals surface area contributed by atoms with E-state index >= 15 is 0 Å². The topological polar surface area (TPSA) is 60.0 Å². The molecule has 0 saturated carbocycles. The fraction of sp³-hybridized carbons (Fsp3) is 0.286. The number of aromatic nitrogens is 1. The number of nitrogens with two attached hydrogens (primary N) is 1. The molecule has 1 aromatic heterocycles. The standard InChI is InChI=1S/C14H17N3OS/c1-2-16-13(18)6-8-17-7-5-10-9-11(14(15)19)3-4-12(10)17/h3-5,7,9H,2,6,8H2,1H3,(H2,15,19)(H,16,18). The Morgan fingerprint density at radius 1 is 1.42 bits per heavy atom. The molecule has 4 nitrogen and oxygen atoms in total. The van der Waals surface area contributed by atoms with Crippen LogP contribution in [0.1, 0.15) is 18.9 Å². The van der Waals surface area contributed by atoms with E-state index in [-0.39, 0.29) is 5.91 Å². The van der Waals surface area contributed by atoms with Gasteiger partial charge in [0.1, 0.15) is 4.99 Å². The number of amides is 1. The zero-order valence-electron chi connectivity index (χ0n) is 10.8. The highest BCUT2D eigenvalue weighted by molar-refractivity contribution is 7.80. The van der Waals surface area contributed by atoms with E-state index in [9.17, 15) is 4.79 Å². The summed E-state index contributed by atoms with van der Waals surface area (Å²) < 4.78 is 2.06. The van der Waals surface area contributed by atoms with Crippen molar-refractivity contribution in [3.63, 3.8) is 0 Å². The minimum absolute atomic E-state index is 0.0732. The van der Waals surface area contributed by atoms with Gasteiger partial charge in [-0.1, -0.05) is 12.2 Å². The van der Waals surface area contributed by atoms with Gasteiger partial charge >= 0.3 is 0 Å².